The molecule has 1 amide bonds. The molecular weight excluding hydrogens is 339 g/mol. The van der Waals surface area contributed by atoms with Crippen LogP contribution in [0.2, 0.25) is 0 Å². The summed E-state index contributed by atoms with van der Waals surface area (Å²) < 4.78 is 18.8. The highest BCUT2D eigenvalue weighted by molar-refractivity contribution is 7.17. The van der Waals surface area contributed by atoms with Crippen molar-refractivity contribution in [2.45, 2.75) is 13.5 Å². The van der Waals surface area contributed by atoms with Crippen molar-refractivity contribution in [2.24, 2.45) is 0 Å². The van der Waals surface area contributed by atoms with Gasteiger partial charge in [-0.25, -0.2) is 9.37 Å². The van der Waals surface area contributed by atoms with Gasteiger partial charge in [0.2, 0.25) is 0 Å². The normalized spacial score (nSPS) is 10.5. The van der Waals surface area contributed by atoms with Crippen LogP contribution in [0.25, 0.3) is 10.6 Å². The van der Waals surface area contributed by atoms with Crippen LogP contribution in [-0.2, 0) is 6.54 Å². The highest BCUT2D eigenvalue weighted by atomic mass is 32.1. The van der Waals surface area contributed by atoms with E-state index in [2.05, 4.69) is 10.3 Å². The Labute approximate surface area is 149 Å². The highest BCUT2D eigenvalue weighted by Gasteiger charge is 2.16. The molecule has 4 nitrogen and oxygen atoms in total. The molecular formula is C19H17FN2O2S. The van der Waals surface area contributed by atoms with Gasteiger partial charge in [-0.3, -0.25) is 4.79 Å². The van der Waals surface area contributed by atoms with Gasteiger partial charge < -0.3 is 10.1 Å². The van der Waals surface area contributed by atoms with Crippen molar-refractivity contribution in [3.63, 3.8) is 0 Å². The molecule has 1 heterocycles. The number of rotatable bonds is 5. The lowest BCUT2D eigenvalue weighted by molar-refractivity contribution is 0.0954. The minimum atomic E-state index is -0.331. The SMILES string of the molecule is COc1ccc(-c2nc(C)c(C(=O)NCc3ccccc3F)s2)cc1. The Morgan fingerprint density at radius 3 is 2.60 bits per heavy atom. The number of halogens is 1. The molecule has 0 unspecified atom stereocenters. The molecule has 0 radical (unpaired) electrons. The number of aromatic nitrogens is 1. The molecule has 0 aliphatic rings. The molecule has 0 saturated heterocycles. The van der Waals surface area contributed by atoms with Crippen LogP contribution in [-0.4, -0.2) is 18.0 Å². The van der Waals surface area contributed by atoms with Crippen LogP contribution in [0.3, 0.4) is 0 Å². The van der Waals surface area contributed by atoms with Gasteiger partial charge >= 0.3 is 0 Å². The van der Waals surface area contributed by atoms with Crippen LogP contribution < -0.4 is 10.1 Å². The van der Waals surface area contributed by atoms with E-state index in [-0.39, 0.29) is 18.3 Å². The number of hydrogen-bond donors (Lipinski definition) is 1. The van der Waals surface area contributed by atoms with Crippen LogP contribution in [0.4, 0.5) is 4.39 Å². The number of ether oxygens (including phenoxy) is 1. The lowest BCUT2D eigenvalue weighted by Crippen LogP contribution is -2.23. The van der Waals surface area contributed by atoms with E-state index >= 15 is 0 Å². The fourth-order valence-corrected chi connectivity index (χ4v) is 3.35. The summed E-state index contributed by atoms with van der Waals surface area (Å²) in [6, 6.07) is 13.9. The van der Waals surface area contributed by atoms with Crippen molar-refractivity contribution in [3.8, 4) is 16.3 Å². The predicted molar refractivity (Wildman–Crippen MR) is 96.4 cm³/mol. The van der Waals surface area contributed by atoms with E-state index in [0.717, 1.165) is 16.3 Å². The smallest absolute Gasteiger partial charge is 0.263 e. The molecule has 3 rings (SSSR count). The van der Waals surface area contributed by atoms with Gasteiger partial charge in [0.05, 0.1) is 12.8 Å². The van der Waals surface area contributed by atoms with Crippen molar-refractivity contribution in [2.75, 3.05) is 7.11 Å². The Kier molecular flexibility index (Phi) is 5.09. The average molecular weight is 356 g/mol. The first-order valence-electron chi connectivity index (χ1n) is 7.72. The number of nitrogens with zero attached hydrogens (tertiary/aromatic N) is 1. The first kappa shape index (κ1) is 17.1. The zero-order chi connectivity index (χ0) is 17.8. The summed E-state index contributed by atoms with van der Waals surface area (Å²) in [6.45, 7) is 1.93. The van der Waals surface area contributed by atoms with E-state index in [1.54, 1.807) is 32.2 Å². The number of benzene rings is 2. The van der Waals surface area contributed by atoms with Gasteiger partial charge in [0.25, 0.3) is 5.91 Å². The Hall–Kier alpha value is -2.73. The molecule has 1 N–H and O–H groups in total. The molecule has 0 saturated carbocycles. The van der Waals surface area contributed by atoms with E-state index in [1.807, 2.05) is 24.3 Å². The molecule has 25 heavy (non-hydrogen) atoms. The highest BCUT2D eigenvalue weighted by Crippen LogP contribution is 2.29. The lowest BCUT2D eigenvalue weighted by atomic mass is 10.2. The van der Waals surface area contributed by atoms with Crippen molar-refractivity contribution in [1.82, 2.24) is 10.3 Å². The Morgan fingerprint density at radius 2 is 1.92 bits per heavy atom. The maximum Gasteiger partial charge on any atom is 0.263 e. The maximum absolute atomic E-state index is 13.6. The monoisotopic (exact) mass is 356 g/mol. The van der Waals surface area contributed by atoms with Gasteiger partial charge in [-0.05, 0) is 37.3 Å². The number of amides is 1. The fourth-order valence-electron chi connectivity index (χ4n) is 2.36. The summed E-state index contributed by atoms with van der Waals surface area (Å²) in [5.41, 5.74) is 2.03. The Bertz CT molecular complexity index is 891. The van der Waals surface area contributed by atoms with E-state index in [4.69, 9.17) is 4.74 Å². The number of hydrogen-bond acceptors (Lipinski definition) is 4. The van der Waals surface area contributed by atoms with Crippen LogP contribution in [0.5, 0.6) is 5.75 Å². The molecule has 0 spiro atoms. The van der Waals surface area contributed by atoms with Crippen molar-refractivity contribution in [3.05, 3.63) is 70.5 Å². The molecule has 1 aromatic heterocycles. The number of thiazole rings is 1. The molecule has 0 aliphatic carbocycles. The number of methoxy groups -OCH3 is 1. The molecule has 3 aromatic rings. The molecule has 0 aliphatic heterocycles. The first-order valence-corrected chi connectivity index (χ1v) is 8.53. The topological polar surface area (TPSA) is 51.2 Å². The van der Waals surface area contributed by atoms with Gasteiger partial charge in [-0.1, -0.05) is 18.2 Å². The number of nitrogens with one attached hydrogen (secondary N) is 1. The van der Waals surface area contributed by atoms with Crippen molar-refractivity contribution in [1.29, 1.82) is 0 Å². The standard InChI is InChI=1S/C19H17FN2O2S/c1-12-17(18(23)21-11-14-5-3-4-6-16(14)20)25-19(22-12)13-7-9-15(24-2)10-8-13/h3-10H,11H2,1-2H3,(H,21,23). The van der Waals surface area contributed by atoms with Crippen molar-refractivity contribution < 1.29 is 13.9 Å². The van der Waals surface area contributed by atoms with Gasteiger partial charge in [0, 0.05) is 17.7 Å². The second kappa shape index (κ2) is 7.44. The molecule has 2 aromatic carbocycles. The van der Waals surface area contributed by atoms with Gasteiger partial charge in [0.15, 0.2) is 0 Å². The largest absolute Gasteiger partial charge is 0.497 e. The van der Waals surface area contributed by atoms with Gasteiger partial charge in [0.1, 0.15) is 21.5 Å². The van der Waals surface area contributed by atoms with E-state index in [0.29, 0.717) is 16.1 Å². The van der Waals surface area contributed by atoms with Crippen molar-refractivity contribution >= 4 is 17.2 Å². The third-order valence-corrected chi connectivity index (χ3v) is 4.94. The van der Waals surface area contributed by atoms with Gasteiger partial charge in [-0.15, -0.1) is 11.3 Å². The Balaban J connectivity index is 1.75. The van der Waals surface area contributed by atoms with Crippen LogP contribution in [0.15, 0.2) is 48.5 Å². The third-order valence-electron chi connectivity index (χ3n) is 3.74. The minimum absolute atomic E-state index is 0.140. The summed E-state index contributed by atoms with van der Waals surface area (Å²) in [4.78, 5) is 17.4. The predicted octanol–water partition coefficient (Wildman–Crippen LogP) is 4.20. The second-order valence-corrected chi connectivity index (χ2v) is 6.44. The molecule has 128 valence electrons. The number of carbonyl (C=O) groups excluding carboxylic acids is 1. The summed E-state index contributed by atoms with van der Waals surface area (Å²) in [7, 11) is 1.61. The number of carbonyl (C=O) groups is 1. The first-order chi connectivity index (χ1) is 12.1. The summed E-state index contributed by atoms with van der Waals surface area (Å²) >= 11 is 1.32. The molecule has 0 bridgehead atoms. The zero-order valence-electron chi connectivity index (χ0n) is 13.9. The van der Waals surface area contributed by atoms with E-state index in [1.165, 1.54) is 17.4 Å². The quantitative estimate of drug-likeness (QED) is 0.745. The fraction of sp³-hybridized carbons (Fsp3) is 0.158. The molecule has 0 atom stereocenters. The summed E-state index contributed by atoms with van der Waals surface area (Å²) in [5, 5.41) is 3.51. The van der Waals surface area contributed by atoms with E-state index < -0.39 is 0 Å². The van der Waals surface area contributed by atoms with Crippen LogP contribution >= 0.6 is 11.3 Å². The average Bonchev–Trinajstić information content (AvgIpc) is 3.03. The molecule has 6 heteroatoms. The van der Waals surface area contributed by atoms with E-state index in [9.17, 15) is 9.18 Å². The van der Waals surface area contributed by atoms with Crippen LogP contribution in [0.1, 0.15) is 20.9 Å². The maximum atomic E-state index is 13.6. The minimum Gasteiger partial charge on any atom is -0.497 e. The Morgan fingerprint density at radius 1 is 1.20 bits per heavy atom. The zero-order valence-corrected chi connectivity index (χ0v) is 14.7. The lowest BCUT2D eigenvalue weighted by Gasteiger charge is -2.05. The molecule has 0 fully saturated rings. The summed E-state index contributed by atoms with van der Waals surface area (Å²) in [5.74, 6) is 0.181. The summed E-state index contributed by atoms with van der Waals surface area (Å²) in [6.07, 6.45) is 0. The third kappa shape index (κ3) is 3.85. The van der Waals surface area contributed by atoms with Gasteiger partial charge in [-0.2, -0.15) is 0 Å². The van der Waals surface area contributed by atoms with Crippen LogP contribution in [0, 0.1) is 12.7 Å². The second-order valence-electron chi connectivity index (χ2n) is 5.44. The number of aryl methyl sites for hydroxylation is 1.